The van der Waals surface area contributed by atoms with Crippen LogP contribution >= 0.6 is 19.4 Å². The fraction of sp³-hybridized carbons (Fsp3) is 0.500. The Hall–Kier alpha value is -2.59. The van der Waals surface area contributed by atoms with Gasteiger partial charge in [-0.05, 0) is 36.6 Å². The van der Waals surface area contributed by atoms with Gasteiger partial charge in [0, 0.05) is 11.3 Å². The predicted molar refractivity (Wildman–Crippen MR) is 131 cm³/mol. The van der Waals surface area contributed by atoms with E-state index >= 15 is 0 Å². The van der Waals surface area contributed by atoms with Crippen molar-refractivity contribution in [2.24, 2.45) is 5.92 Å². The number of imidazole rings is 1. The molecule has 0 aliphatic heterocycles. The number of nitrogens with zero attached hydrogens (tertiary/aromatic N) is 3. The van der Waals surface area contributed by atoms with Crippen LogP contribution in [0.3, 0.4) is 0 Å². The first-order valence-corrected chi connectivity index (χ1v) is 14.1. The summed E-state index contributed by atoms with van der Waals surface area (Å²) in [5.74, 6) is 0.530. The molecule has 1 aliphatic rings. The summed E-state index contributed by atoms with van der Waals surface area (Å²) in [5, 5.41) is 0.434. The maximum Gasteiger partial charge on any atom is 0.390 e. The summed E-state index contributed by atoms with van der Waals surface area (Å²) in [6.45, 7) is 1.67. The number of rotatable bonds is 11. The van der Waals surface area contributed by atoms with E-state index in [0.29, 0.717) is 16.3 Å². The Kier molecular flexibility index (Phi) is 8.36. The van der Waals surface area contributed by atoms with E-state index in [0.717, 1.165) is 4.90 Å². The summed E-state index contributed by atoms with van der Waals surface area (Å²) in [6, 6.07) is 7.11. The number of benzene rings is 1. The summed E-state index contributed by atoms with van der Waals surface area (Å²) in [6.07, 6.45) is -14.5. The maximum atomic E-state index is 12.8. The quantitative estimate of drug-likeness (QED) is 0.0793. The number of hydrogen-bond donors (Lipinski definition) is 3. The van der Waals surface area contributed by atoms with Crippen molar-refractivity contribution in [3.05, 3.63) is 30.1 Å². The Bertz CT molecular complexity index is 1390. The first-order valence-electron chi connectivity index (χ1n) is 11.7. The van der Waals surface area contributed by atoms with Gasteiger partial charge in [-0.3, -0.25) is 4.57 Å². The zero-order valence-electron chi connectivity index (χ0n) is 20.9. The van der Waals surface area contributed by atoms with Crippen molar-refractivity contribution in [1.82, 2.24) is 19.9 Å². The number of aromatic nitrogens is 4. The molecule has 4 rings (SSSR count). The molecule has 0 amide bonds. The van der Waals surface area contributed by atoms with E-state index in [2.05, 4.69) is 24.6 Å². The van der Waals surface area contributed by atoms with Gasteiger partial charge in [0.25, 0.3) is 0 Å². The Morgan fingerprint density at radius 1 is 1.15 bits per heavy atom. The highest BCUT2D eigenvalue weighted by molar-refractivity contribution is 7.99. The molecule has 1 saturated carbocycles. The highest BCUT2D eigenvalue weighted by Crippen LogP contribution is 2.58. The number of halogens is 6. The number of hydrogen-bond acceptors (Lipinski definition) is 9. The van der Waals surface area contributed by atoms with Crippen LogP contribution < -0.4 is 10.5 Å². The third-order valence-electron chi connectivity index (χ3n) is 6.22. The van der Waals surface area contributed by atoms with Crippen LogP contribution in [0.5, 0.6) is 5.75 Å². The minimum absolute atomic E-state index is 0.0581. The fourth-order valence-electron chi connectivity index (χ4n) is 4.01. The van der Waals surface area contributed by atoms with Gasteiger partial charge in [-0.15, -0.1) is 4.67 Å². The van der Waals surface area contributed by atoms with Crippen molar-refractivity contribution in [2.45, 2.75) is 66.1 Å². The monoisotopic (exact) mass is 615 g/mol. The number of fused-ring (bicyclic) bond motifs is 1. The molecule has 4 N–H and O–H groups in total. The van der Waals surface area contributed by atoms with Gasteiger partial charge in [0.1, 0.15) is 27.7 Å². The molecule has 1 aromatic carbocycles. The van der Waals surface area contributed by atoms with Gasteiger partial charge >= 0.3 is 19.9 Å². The fourth-order valence-corrected chi connectivity index (χ4v) is 6.14. The second kappa shape index (κ2) is 11.0. The molecule has 10 nitrogen and oxygen atoms in total. The molecular weight excluding hydrogens is 591 g/mol. The van der Waals surface area contributed by atoms with Crippen molar-refractivity contribution < 1.29 is 50.1 Å². The number of ether oxygens (including phenoxy) is 1. The van der Waals surface area contributed by atoms with Crippen LogP contribution in [0.25, 0.3) is 11.2 Å². The molecular formula is C22H24F6N5O5PS. The van der Waals surface area contributed by atoms with Crippen molar-refractivity contribution in [2.75, 3.05) is 12.8 Å². The number of aromatic amines is 1. The third-order valence-corrected chi connectivity index (χ3v) is 8.79. The molecule has 0 bridgehead atoms. The lowest BCUT2D eigenvalue weighted by Gasteiger charge is -2.25. The van der Waals surface area contributed by atoms with E-state index in [9.17, 15) is 35.8 Å². The molecule has 0 radical (unpaired) electrons. The molecule has 3 aromatic rings. The molecule has 3 atom stereocenters. The third kappa shape index (κ3) is 7.57. The van der Waals surface area contributed by atoms with E-state index in [1.165, 1.54) is 18.9 Å². The average Bonchev–Trinajstić information content (AvgIpc) is 3.27. The van der Waals surface area contributed by atoms with Crippen LogP contribution in [0.15, 0.2) is 34.2 Å². The molecule has 18 heteroatoms. The van der Waals surface area contributed by atoms with Gasteiger partial charge in [0.15, 0.2) is 5.65 Å². The van der Waals surface area contributed by atoms with Crippen LogP contribution in [0.2, 0.25) is 0 Å². The summed E-state index contributed by atoms with van der Waals surface area (Å²) in [7, 11) is -3.98. The van der Waals surface area contributed by atoms with E-state index < -0.39 is 44.1 Å². The predicted octanol–water partition coefficient (Wildman–Crippen LogP) is 5.82. The number of alkyl halides is 6. The molecule has 1 fully saturated rings. The Labute approximate surface area is 227 Å². The first kappa shape index (κ1) is 30.4. The second-order valence-corrected chi connectivity index (χ2v) is 12.5. The number of nitrogens with two attached hydrogens (primary N) is 1. The van der Waals surface area contributed by atoms with E-state index in [1.54, 1.807) is 31.2 Å². The molecule has 40 heavy (non-hydrogen) atoms. The number of methoxy groups -OCH3 is 1. The number of anilines is 1. The minimum Gasteiger partial charge on any atom is -0.497 e. The van der Waals surface area contributed by atoms with Crippen LogP contribution in [-0.2, 0) is 20.5 Å². The summed E-state index contributed by atoms with van der Waals surface area (Å²) in [5.41, 5.74) is 2.33. The van der Waals surface area contributed by atoms with Crippen LogP contribution in [0, 0.1) is 5.92 Å². The van der Waals surface area contributed by atoms with Crippen molar-refractivity contribution >= 4 is 36.5 Å². The normalized spacial score (nSPS) is 21.1. The van der Waals surface area contributed by atoms with Gasteiger partial charge in [0.05, 0.1) is 25.6 Å². The number of nitrogen functional groups attached to an aromatic ring is 1. The first-order chi connectivity index (χ1) is 18.5. The SMILES string of the molecule is COc1ccc(Sc2nc(N)nc3nc(CC4(OOP(=O)(O)C(CC(F)(F)F)CC(F)(F)F)CC4C)[nH]c23)cc1. The van der Waals surface area contributed by atoms with Gasteiger partial charge in [-0.2, -0.15) is 31.3 Å². The van der Waals surface area contributed by atoms with Crippen molar-refractivity contribution in [3.63, 3.8) is 0 Å². The number of H-pyrrole nitrogens is 1. The molecule has 2 aromatic heterocycles. The lowest BCUT2D eigenvalue weighted by molar-refractivity contribution is -0.269. The largest absolute Gasteiger partial charge is 0.497 e. The smallest absolute Gasteiger partial charge is 0.390 e. The molecule has 220 valence electrons. The molecule has 0 spiro atoms. The molecule has 3 unspecified atom stereocenters. The lowest BCUT2D eigenvalue weighted by Crippen LogP contribution is -2.28. The van der Waals surface area contributed by atoms with Gasteiger partial charge in [-0.1, -0.05) is 18.7 Å². The standard InChI is InChI=1S/C22H24F6N5O5PS/c1-11-7-20(11,37-38-39(34,35)13(8-21(23,24)25)9-22(26,27)28)10-15-30-16-17(31-15)32-19(29)33-18(16)40-14-5-3-12(36-2)4-6-14/h3-6,11,13H,7-10H2,1-2H3,(H,34,35)(H3,29,30,31,32,33). The van der Waals surface area contributed by atoms with Crippen molar-refractivity contribution in [1.29, 1.82) is 0 Å². The van der Waals surface area contributed by atoms with Crippen LogP contribution in [0.4, 0.5) is 32.3 Å². The van der Waals surface area contributed by atoms with Gasteiger partial charge < -0.3 is 20.3 Å². The summed E-state index contributed by atoms with van der Waals surface area (Å²) < 4.78 is 99.2. The van der Waals surface area contributed by atoms with E-state index in [1.807, 2.05) is 0 Å². The van der Waals surface area contributed by atoms with Crippen LogP contribution in [-0.4, -0.2) is 55.6 Å². The highest BCUT2D eigenvalue weighted by atomic mass is 32.2. The summed E-state index contributed by atoms with van der Waals surface area (Å²) in [4.78, 5) is 31.7. The highest BCUT2D eigenvalue weighted by Gasteiger charge is 2.57. The van der Waals surface area contributed by atoms with E-state index in [4.69, 9.17) is 15.4 Å². The topological polar surface area (TPSA) is 145 Å². The molecule has 1 aliphatic carbocycles. The Morgan fingerprint density at radius 2 is 1.75 bits per heavy atom. The Morgan fingerprint density at radius 3 is 2.27 bits per heavy atom. The maximum absolute atomic E-state index is 12.8. The zero-order valence-corrected chi connectivity index (χ0v) is 22.6. The van der Waals surface area contributed by atoms with Gasteiger partial charge in [-0.25, -0.2) is 14.9 Å². The van der Waals surface area contributed by atoms with Crippen LogP contribution in [0.1, 0.15) is 32.0 Å². The summed E-state index contributed by atoms with van der Waals surface area (Å²) >= 11 is 1.26. The second-order valence-electron chi connectivity index (χ2n) is 9.41. The zero-order chi connectivity index (χ0) is 29.5. The van der Waals surface area contributed by atoms with Gasteiger partial charge in [0.2, 0.25) is 5.95 Å². The number of nitrogens with one attached hydrogen (secondary N) is 1. The minimum atomic E-state index is -5.51. The Balaban J connectivity index is 1.52. The van der Waals surface area contributed by atoms with Crippen molar-refractivity contribution in [3.8, 4) is 5.75 Å². The van der Waals surface area contributed by atoms with E-state index in [-0.39, 0.29) is 36.2 Å². The molecule has 2 heterocycles. The lowest BCUT2D eigenvalue weighted by atomic mass is 10.2. The molecule has 0 saturated heterocycles. The average molecular weight is 615 g/mol.